The number of thioether (sulfide) groups is 1. The van der Waals surface area contributed by atoms with Crippen molar-refractivity contribution in [2.75, 3.05) is 17.7 Å². The summed E-state index contributed by atoms with van der Waals surface area (Å²) in [4.78, 5) is 24.7. The zero-order valence-corrected chi connectivity index (χ0v) is 17.2. The minimum absolute atomic E-state index is 0.131. The maximum atomic E-state index is 12.4. The highest BCUT2D eigenvalue weighted by molar-refractivity contribution is 7.99. The van der Waals surface area contributed by atoms with Crippen LogP contribution in [0.1, 0.15) is 61.3 Å². The molecular formula is C18H23N3O4S2. The molecule has 0 spiro atoms. The van der Waals surface area contributed by atoms with Gasteiger partial charge in [-0.05, 0) is 43.0 Å². The van der Waals surface area contributed by atoms with Crippen molar-refractivity contribution < 1.29 is 18.7 Å². The van der Waals surface area contributed by atoms with Crippen LogP contribution in [0.15, 0.2) is 15.0 Å². The molecule has 1 aliphatic carbocycles. The van der Waals surface area contributed by atoms with Crippen LogP contribution in [-0.4, -0.2) is 34.4 Å². The fourth-order valence-corrected chi connectivity index (χ4v) is 4.12. The van der Waals surface area contributed by atoms with Crippen LogP contribution in [0.25, 0.3) is 0 Å². The van der Waals surface area contributed by atoms with Crippen molar-refractivity contribution in [2.24, 2.45) is 5.92 Å². The van der Waals surface area contributed by atoms with Gasteiger partial charge >= 0.3 is 5.97 Å². The highest BCUT2D eigenvalue weighted by atomic mass is 32.2. The number of hydrogen-bond acceptors (Lipinski definition) is 8. The summed E-state index contributed by atoms with van der Waals surface area (Å²) in [6.45, 7) is 6.23. The molecule has 0 unspecified atom stereocenters. The Balaban J connectivity index is 1.63. The van der Waals surface area contributed by atoms with Crippen molar-refractivity contribution in [3.05, 3.63) is 22.4 Å². The van der Waals surface area contributed by atoms with Crippen molar-refractivity contribution in [1.29, 1.82) is 0 Å². The average Bonchev–Trinajstić information content (AvgIpc) is 3.23. The molecule has 1 aliphatic rings. The summed E-state index contributed by atoms with van der Waals surface area (Å²) in [7, 11) is 0. The monoisotopic (exact) mass is 409 g/mol. The number of anilines is 1. The van der Waals surface area contributed by atoms with Crippen molar-refractivity contribution in [3.63, 3.8) is 0 Å². The molecule has 146 valence electrons. The Bertz CT molecular complexity index is 811. The van der Waals surface area contributed by atoms with Gasteiger partial charge in [-0.1, -0.05) is 25.6 Å². The number of carbonyl (C=O) groups excluding carboxylic acids is 2. The second-order valence-electron chi connectivity index (χ2n) is 6.80. The maximum Gasteiger partial charge on any atom is 0.341 e. The molecule has 2 aromatic rings. The van der Waals surface area contributed by atoms with E-state index < -0.39 is 5.97 Å². The van der Waals surface area contributed by atoms with Gasteiger partial charge in [-0.15, -0.1) is 21.5 Å². The largest absolute Gasteiger partial charge is 0.462 e. The van der Waals surface area contributed by atoms with E-state index in [4.69, 9.17) is 9.15 Å². The van der Waals surface area contributed by atoms with Crippen LogP contribution in [-0.2, 0) is 16.0 Å². The van der Waals surface area contributed by atoms with E-state index in [2.05, 4.69) is 29.4 Å². The Morgan fingerprint density at radius 2 is 2.19 bits per heavy atom. The van der Waals surface area contributed by atoms with Gasteiger partial charge in [-0.3, -0.25) is 4.79 Å². The van der Waals surface area contributed by atoms with Crippen LogP contribution in [0.4, 0.5) is 5.00 Å². The number of ether oxygens (including phenoxy) is 1. The van der Waals surface area contributed by atoms with Crippen LogP contribution in [0.5, 0.6) is 0 Å². The zero-order chi connectivity index (χ0) is 19.4. The minimum Gasteiger partial charge on any atom is -0.462 e. The molecule has 1 fully saturated rings. The van der Waals surface area contributed by atoms with Crippen molar-refractivity contribution in [2.45, 2.75) is 51.2 Å². The first-order chi connectivity index (χ1) is 13.0. The lowest BCUT2D eigenvalue weighted by Crippen LogP contribution is -2.17. The highest BCUT2D eigenvalue weighted by Gasteiger charge is 2.29. The van der Waals surface area contributed by atoms with E-state index in [1.165, 1.54) is 23.1 Å². The third-order valence-corrected chi connectivity index (χ3v) is 5.67. The number of esters is 1. The molecule has 27 heavy (non-hydrogen) atoms. The molecular weight excluding hydrogens is 386 g/mol. The average molecular weight is 410 g/mol. The van der Waals surface area contributed by atoms with Crippen LogP contribution in [0.3, 0.4) is 0 Å². The molecule has 7 nitrogen and oxygen atoms in total. The van der Waals surface area contributed by atoms with Gasteiger partial charge in [-0.2, -0.15) is 0 Å². The number of aromatic nitrogens is 2. The third kappa shape index (κ3) is 5.32. The molecule has 0 aromatic carbocycles. The normalized spacial score (nSPS) is 13.8. The van der Waals surface area contributed by atoms with Gasteiger partial charge in [0.25, 0.3) is 5.22 Å². The molecule has 0 radical (unpaired) electrons. The molecule has 1 N–H and O–H groups in total. The molecule has 1 amide bonds. The first-order valence-corrected chi connectivity index (χ1v) is 10.9. The predicted octanol–water partition coefficient (Wildman–Crippen LogP) is 4.11. The van der Waals surface area contributed by atoms with Gasteiger partial charge in [0.15, 0.2) is 0 Å². The van der Waals surface area contributed by atoms with E-state index in [0.717, 1.165) is 24.8 Å². The lowest BCUT2D eigenvalue weighted by atomic mass is 10.0. The number of nitrogens with zero attached hydrogens (tertiary/aromatic N) is 2. The number of hydrogen-bond donors (Lipinski definition) is 1. The summed E-state index contributed by atoms with van der Waals surface area (Å²) in [5.41, 5.74) is 1.37. The predicted molar refractivity (Wildman–Crippen MR) is 104 cm³/mol. The van der Waals surface area contributed by atoms with Crippen LogP contribution in [0, 0.1) is 5.92 Å². The molecule has 0 bridgehead atoms. The minimum atomic E-state index is -0.400. The van der Waals surface area contributed by atoms with Gasteiger partial charge in [0.05, 0.1) is 17.9 Å². The number of thiophene rings is 1. The van der Waals surface area contributed by atoms with E-state index in [1.54, 1.807) is 6.92 Å². The Kier molecular flexibility index (Phi) is 6.54. The number of nitrogens with one attached hydrogen (secondary N) is 1. The summed E-state index contributed by atoms with van der Waals surface area (Å²) < 4.78 is 10.7. The smallest absolute Gasteiger partial charge is 0.341 e. The summed E-state index contributed by atoms with van der Waals surface area (Å²) in [6.07, 6.45) is 2.92. The van der Waals surface area contributed by atoms with E-state index in [9.17, 15) is 9.59 Å². The number of rotatable bonds is 9. The molecule has 1 saturated carbocycles. The van der Waals surface area contributed by atoms with Gasteiger partial charge in [0, 0.05) is 5.92 Å². The lowest BCUT2D eigenvalue weighted by Gasteiger charge is -2.09. The summed E-state index contributed by atoms with van der Waals surface area (Å²) in [5, 5.41) is 13.6. The van der Waals surface area contributed by atoms with Crippen molar-refractivity contribution in [3.8, 4) is 0 Å². The topological polar surface area (TPSA) is 94.3 Å². The second kappa shape index (κ2) is 8.88. The van der Waals surface area contributed by atoms with Gasteiger partial charge in [-0.25, -0.2) is 4.79 Å². The van der Waals surface area contributed by atoms with Gasteiger partial charge in [0.1, 0.15) is 5.00 Å². The summed E-state index contributed by atoms with van der Waals surface area (Å²) in [5.74, 6) is 0.937. The van der Waals surface area contributed by atoms with Crippen LogP contribution in [0.2, 0.25) is 0 Å². The number of carbonyl (C=O) groups is 2. The molecule has 2 aromatic heterocycles. The third-order valence-electron chi connectivity index (χ3n) is 3.90. The fourth-order valence-electron chi connectivity index (χ4n) is 2.57. The number of amides is 1. The standard InChI is InChI=1S/C18H23N3O4S2/c1-4-24-17(23)14-12(7-10(2)3)8-26-16(14)19-13(22)9-27-18-21-20-15(25-18)11-5-6-11/h8,10-11H,4-7,9H2,1-3H3,(H,19,22). The van der Waals surface area contributed by atoms with E-state index in [-0.39, 0.29) is 11.7 Å². The fraction of sp³-hybridized carbons (Fsp3) is 0.556. The highest BCUT2D eigenvalue weighted by Crippen LogP contribution is 2.39. The molecule has 2 heterocycles. The molecule has 3 rings (SSSR count). The first kappa shape index (κ1) is 19.9. The summed E-state index contributed by atoms with van der Waals surface area (Å²) >= 11 is 2.54. The Morgan fingerprint density at radius 1 is 1.41 bits per heavy atom. The molecule has 0 saturated heterocycles. The summed E-state index contributed by atoms with van der Waals surface area (Å²) in [6, 6.07) is 0. The van der Waals surface area contributed by atoms with E-state index >= 15 is 0 Å². The Labute approximate surface area is 166 Å². The Morgan fingerprint density at radius 3 is 2.85 bits per heavy atom. The van der Waals surface area contributed by atoms with Crippen LogP contribution >= 0.6 is 23.1 Å². The van der Waals surface area contributed by atoms with Crippen LogP contribution < -0.4 is 5.32 Å². The van der Waals surface area contributed by atoms with Crippen molar-refractivity contribution in [1.82, 2.24) is 10.2 Å². The SMILES string of the molecule is CCOC(=O)c1c(CC(C)C)csc1NC(=O)CSc1nnc(C2CC2)o1. The zero-order valence-electron chi connectivity index (χ0n) is 15.6. The molecule has 0 aliphatic heterocycles. The molecule has 0 atom stereocenters. The quantitative estimate of drug-likeness (QED) is 0.492. The van der Waals surface area contributed by atoms with E-state index in [0.29, 0.717) is 40.1 Å². The van der Waals surface area contributed by atoms with Gasteiger partial charge in [0.2, 0.25) is 11.8 Å². The second-order valence-corrected chi connectivity index (χ2v) is 8.61. The first-order valence-electron chi connectivity index (χ1n) is 9.01. The maximum absolute atomic E-state index is 12.4. The van der Waals surface area contributed by atoms with Crippen molar-refractivity contribution >= 4 is 40.0 Å². The van der Waals surface area contributed by atoms with E-state index in [1.807, 2.05) is 5.38 Å². The Hall–Kier alpha value is -1.87. The molecule has 9 heteroatoms. The van der Waals surface area contributed by atoms with Gasteiger partial charge < -0.3 is 14.5 Å². The lowest BCUT2D eigenvalue weighted by molar-refractivity contribution is -0.113.